The van der Waals surface area contributed by atoms with Crippen LogP contribution in [0.1, 0.15) is 5.56 Å². The Balaban J connectivity index is 1.72. The lowest BCUT2D eigenvalue weighted by Crippen LogP contribution is -2.40. The maximum Gasteiger partial charge on any atom is 0.350 e. The maximum absolute atomic E-state index is 13.8. The van der Waals surface area contributed by atoms with E-state index in [4.69, 9.17) is 4.74 Å². The first-order valence-electron chi connectivity index (χ1n) is 8.37. The summed E-state index contributed by atoms with van der Waals surface area (Å²) in [6, 6.07) is 9.00. The van der Waals surface area contributed by atoms with Gasteiger partial charge in [-0.15, -0.1) is 5.10 Å². The van der Waals surface area contributed by atoms with Crippen molar-refractivity contribution >= 4 is 15.7 Å². The van der Waals surface area contributed by atoms with E-state index in [-0.39, 0.29) is 30.2 Å². The summed E-state index contributed by atoms with van der Waals surface area (Å²) >= 11 is 0. The summed E-state index contributed by atoms with van der Waals surface area (Å²) in [5.74, 6) is -0.433. The third-order valence-electron chi connectivity index (χ3n) is 4.44. The Kier molecular flexibility index (Phi) is 4.54. The SMILES string of the molecule is O=c1n(Cc2ccccc2F)nc2ccc(S(=O)(=O)N3CCOCC3)cn12. The average Bonchev–Trinajstić information content (AvgIpc) is 2.99. The predicted octanol–water partition coefficient (Wildman–Crippen LogP) is 0.704. The molecule has 0 aliphatic carbocycles. The van der Waals surface area contributed by atoms with Crippen molar-refractivity contribution in [3.05, 3.63) is 64.5 Å². The Morgan fingerprint density at radius 2 is 1.85 bits per heavy atom. The minimum atomic E-state index is -3.73. The molecule has 0 amide bonds. The monoisotopic (exact) mass is 392 g/mol. The second-order valence-corrected chi connectivity index (χ2v) is 8.08. The Morgan fingerprint density at radius 3 is 2.59 bits per heavy atom. The zero-order valence-corrected chi connectivity index (χ0v) is 15.1. The fourth-order valence-electron chi connectivity index (χ4n) is 2.98. The number of halogens is 1. The number of pyridine rings is 1. The van der Waals surface area contributed by atoms with E-state index in [2.05, 4.69) is 5.10 Å². The van der Waals surface area contributed by atoms with E-state index in [9.17, 15) is 17.6 Å². The third-order valence-corrected chi connectivity index (χ3v) is 6.32. The van der Waals surface area contributed by atoms with Gasteiger partial charge >= 0.3 is 5.69 Å². The number of nitrogens with zero attached hydrogens (tertiary/aromatic N) is 4. The number of fused-ring (bicyclic) bond motifs is 1. The van der Waals surface area contributed by atoms with E-state index < -0.39 is 21.5 Å². The van der Waals surface area contributed by atoms with Crippen LogP contribution < -0.4 is 5.69 Å². The quantitative estimate of drug-likeness (QED) is 0.653. The average molecular weight is 392 g/mol. The van der Waals surface area contributed by atoms with Crippen LogP contribution in [0.3, 0.4) is 0 Å². The number of hydrogen-bond donors (Lipinski definition) is 0. The molecule has 0 saturated carbocycles. The summed E-state index contributed by atoms with van der Waals surface area (Å²) in [6.45, 7) is 1.16. The molecule has 2 aromatic heterocycles. The first-order valence-corrected chi connectivity index (χ1v) is 9.81. The molecule has 0 spiro atoms. The van der Waals surface area contributed by atoms with E-state index >= 15 is 0 Å². The van der Waals surface area contributed by atoms with Gasteiger partial charge in [0.05, 0.1) is 24.7 Å². The van der Waals surface area contributed by atoms with Crippen LogP contribution in [0.25, 0.3) is 5.65 Å². The summed E-state index contributed by atoms with van der Waals surface area (Å²) in [7, 11) is -3.73. The molecule has 1 aromatic carbocycles. The third kappa shape index (κ3) is 3.27. The first-order chi connectivity index (χ1) is 13.0. The Hall–Kier alpha value is -2.56. The van der Waals surface area contributed by atoms with Crippen LogP contribution in [-0.4, -0.2) is 53.2 Å². The Bertz CT molecular complexity index is 1150. The standard InChI is InChI=1S/C17H17FN4O4S/c18-15-4-2-1-3-13(15)11-22-17(23)21-12-14(5-6-16(21)19-22)27(24,25)20-7-9-26-10-8-20/h1-6,12H,7-11H2. The molecule has 1 aliphatic heterocycles. The van der Waals surface area contributed by atoms with Crippen molar-refractivity contribution in [1.82, 2.24) is 18.5 Å². The molecule has 0 unspecified atom stereocenters. The van der Waals surface area contributed by atoms with Crippen molar-refractivity contribution in [2.24, 2.45) is 0 Å². The highest BCUT2D eigenvalue weighted by atomic mass is 32.2. The van der Waals surface area contributed by atoms with Gasteiger partial charge in [0.15, 0.2) is 5.65 Å². The molecule has 1 fully saturated rings. The summed E-state index contributed by atoms with van der Waals surface area (Å²) in [5, 5.41) is 4.16. The molecule has 0 radical (unpaired) electrons. The Morgan fingerprint density at radius 1 is 1.11 bits per heavy atom. The Labute approximate surface area is 154 Å². The van der Waals surface area contributed by atoms with Gasteiger partial charge in [-0.1, -0.05) is 18.2 Å². The van der Waals surface area contributed by atoms with Crippen molar-refractivity contribution in [1.29, 1.82) is 0 Å². The first kappa shape index (κ1) is 17.8. The van der Waals surface area contributed by atoms with E-state index in [1.807, 2.05) is 0 Å². The van der Waals surface area contributed by atoms with Gasteiger partial charge in [-0.25, -0.2) is 26.7 Å². The van der Waals surface area contributed by atoms with Crippen LogP contribution in [0.15, 0.2) is 52.3 Å². The van der Waals surface area contributed by atoms with Gasteiger partial charge in [0, 0.05) is 24.8 Å². The minimum absolute atomic E-state index is 0.00411. The van der Waals surface area contributed by atoms with Gasteiger partial charge in [0.1, 0.15) is 5.82 Å². The normalized spacial score (nSPS) is 16.0. The van der Waals surface area contributed by atoms with Crippen molar-refractivity contribution in [2.45, 2.75) is 11.4 Å². The maximum atomic E-state index is 13.8. The van der Waals surface area contributed by atoms with Crippen molar-refractivity contribution in [2.75, 3.05) is 26.3 Å². The van der Waals surface area contributed by atoms with Gasteiger partial charge in [-0.2, -0.15) is 4.31 Å². The number of benzene rings is 1. The van der Waals surface area contributed by atoms with Gasteiger partial charge in [0.2, 0.25) is 10.0 Å². The summed E-state index contributed by atoms with van der Waals surface area (Å²) in [4.78, 5) is 12.6. The lowest BCUT2D eigenvalue weighted by Gasteiger charge is -2.25. The van der Waals surface area contributed by atoms with Crippen LogP contribution in [0.5, 0.6) is 0 Å². The molecule has 4 rings (SSSR count). The second kappa shape index (κ2) is 6.87. The van der Waals surface area contributed by atoms with Crippen LogP contribution in [0.2, 0.25) is 0 Å². The fourth-order valence-corrected chi connectivity index (χ4v) is 4.39. The van der Waals surface area contributed by atoms with E-state index in [0.29, 0.717) is 18.8 Å². The number of sulfonamides is 1. The molecule has 142 valence electrons. The number of rotatable bonds is 4. The number of aromatic nitrogens is 3. The van der Waals surface area contributed by atoms with Crippen molar-refractivity contribution in [3.63, 3.8) is 0 Å². The highest BCUT2D eigenvalue weighted by molar-refractivity contribution is 7.89. The molecular formula is C17H17FN4O4S. The molecule has 10 heteroatoms. The smallest absolute Gasteiger partial charge is 0.350 e. The zero-order valence-electron chi connectivity index (χ0n) is 14.3. The van der Waals surface area contributed by atoms with E-state index in [1.54, 1.807) is 18.2 Å². The molecule has 0 atom stereocenters. The summed E-state index contributed by atoms with van der Waals surface area (Å²) < 4.78 is 48.2. The highest BCUT2D eigenvalue weighted by Gasteiger charge is 2.27. The van der Waals surface area contributed by atoms with Gasteiger partial charge < -0.3 is 4.74 Å². The molecule has 8 nitrogen and oxygen atoms in total. The molecule has 0 N–H and O–H groups in total. The molecule has 27 heavy (non-hydrogen) atoms. The molecule has 3 heterocycles. The van der Waals surface area contributed by atoms with Gasteiger partial charge in [-0.05, 0) is 18.2 Å². The van der Waals surface area contributed by atoms with Crippen LogP contribution in [-0.2, 0) is 21.3 Å². The molecule has 1 saturated heterocycles. The molecule has 0 bridgehead atoms. The zero-order chi connectivity index (χ0) is 19.0. The van der Waals surface area contributed by atoms with Crippen LogP contribution >= 0.6 is 0 Å². The van der Waals surface area contributed by atoms with Crippen molar-refractivity contribution in [3.8, 4) is 0 Å². The van der Waals surface area contributed by atoms with Crippen molar-refractivity contribution < 1.29 is 17.5 Å². The van der Waals surface area contributed by atoms with Crippen LogP contribution in [0, 0.1) is 5.82 Å². The molecule has 3 aromatic rings. The lowest BCUT2D eigenvalue weighted by molar-refractivity contribution is 0.0730. The fraction of sp³-hybridized carbons (Fsp3) is 0.294. The minimum Gasteiger partial charge on any atom is -0.379 e. The predicted molar refractivity (Wildman–Crippen MR) is 94.5 cm³/mol. The summed E-state index contributed by atoms with van der Waals surface area (Å²) in [5.41, 5.74) is 0.0775. The van der Waals surface area contributed by atoms with E-state index in [1.165, 1.54) is 28.7 Å². The number of morpholine rings is 1. The van der Waals surface area contributed by atoms with Crippen LogP contribution in [0.4, 0.5) is 4.39 Å². The molecular weight excluding hydrogens is 375 g/mol. The summed E-state index contributed by atoms with van der Waals surface area (Å²) in [6.07, 6.45) is 1.26. The highest BCUT2D eigenvalue weighted by Crippen LogP contribution is 2.17. The van der Waals surface area contributed by atoms with Gasteiger partial charge in [-0.3, -0.25) is 0 Å². The topological polar surface area (TPSA) is 85.9 Å². The second-order valence-electron chi connectivity index (χ2n) is 6.14. The molecule has 1 aliphatic rings. The largest absolute Gasteiger partial charge is 0.379 e. The van der Waals surface area contributed by atoms with Gasteiger partial charge in [0.25, 0.3) is 0 Å². The lowest BCUT2D eigenvalue weighted by atomic mass is 10.2. The van der Waals surface area contributed by atoms with E-state index in [0.717, 1.165) is 9.08 Å². The number of hydrogen-bond acceptors (Lipinski definition) is 5. The number of ether oxygens (including phenoxy) is 1.